The molecule has 1 aliphatic rings. The molecule has 1 heterocycles. The minimum Gasteiger partial charge on any atom is -0.394 e. The zero-order chi connectivity index (χ0) is 42.3. The first-order valence-corrected chi connectivity index (χ1v) is 24.2. The molecule has 0 radical (unpaired) electrons. The molecule has 1 aliphatic heterocycles. The van der Waals surface area contributed by atoms with Gasteiger partial charge in [0.1, 0.15) is 24.4 Å². The van der Waals surface area contributed by atoms with Gasteiger partial charge >= 0.3 is 0 Å². The Morgan fingerprint density at radius 1 is 0.569 bits per heavy atom. The number of hydrogen-bond donors (Lipinski definition) is 6. The van der Waals surface area contributed by atoms with Gasteiger partial charge in [-0.3, -0.25) is 4.79 Å². The lowest BCUT2D eigenvalue weighted by atomic mass is 9.99. The predicted octanol–water partition coefficient (Wildman–Crippen LogP) is 10.5. The summed E-state index contributed by atoms with van der Waals surface area (Å²) in [6.45, 7) is 3.69. The van der Waals surface area contributed by atoms with Gasteiger partial charge in [-0.1, -0.05) is 192 Å². The van der Waals surface area contributed by atoms with Gasteiger partial charge in [-0.25, -0.2) is 0 Å². The van der Waals surface area contributed by atoms with Crippen LogP contribution >= 0.6 is 0 Å². The van der Waals surface area contributed by atoms with Crippen LogP contribution in [0, 0.1) is 0 Å². The van der Waals surface area contributed by atoms with Crippen LogP contribution in [0.4, 0.5) is 0 Å². The minimum atomic E-state index is -1.57. The molecule has 1 saturated heterocycles. The second-order valence-corrected chi connectivity index (χ2v) is 16.9. The Balaban J connectivity index is 2.27. The largest absolute Gasteiger partial charge is 0.394 e. The Hall–Kier alpha value is -1.59. The monoisotopic (exact) mass is 822 g/mol. The summed E-state index contributed by atoms with van der Waals surface area (Å²) in [5.74, 6) is -0.199. The molecule has 9 heteroatoms. The number of carbonyl (C=O) groups is 1. The SMILES string of the molecule is CCC/C=C\CCCCCCCC(=O)NC(COC1OC(CO)C(O)C(O)C1O)C(O)/C=C/CC/C=C/CCCCCCCCCCCCCCCCCCCCC. The van der Waals surface area contributed by atoms with Crippen LogP contribution in [0.5, 0.6) is 0 Å². The first-order valence-electron chi connectivity index (χ1n) is 24.2. The number of allylic oxidation sites excluding steroid dienone is 5. The number of unbranched alkanes of at least 4 members (excludes halogenated alkanes) is 26. The van der Waals surface area contributed by atoms with E-state index in [1.165, 1.54) is 128 Å². The van der Waals surface area contributed by atoms with Crippen molar-refractivity contribution < 1.29 is 39.8 Å². The normalized spacial score (nSPS) is 21.1. The van der Waals surface area contributed by atoms with Crippen LogP contribution in [0.2, 0.25) is 0 Å². The van der Waals surface area contributed by atoms with Crippen molar-refractivity contribution in [3.8, 4) is 0 Å². The van der Waals surface area contributed by atoms with E-state index in [1.807, 2.05) is 6.08 Å². The highest BCUT2D eigenvalue weighted by molar-refractivity contribution is 5.76. The van der Waals surface area contributed by atoms with Crippen molar-refractivity contribution >= 4 is 5.91 Å². The lowest BCUT2D eigenvalue weighted by Crippen LogP contribution is -2.60. The molecular weight excluding hydrogens is 731 g/mol. The summed E-state index contributed by atoms with van der Waals surface area (Å²) in [5, 5.41) is 54.1. The van der Waals surface area contributed by atoms with E-state index < -0.39 is 49.5 Å². The zero-order valence-corrected chi connectivity index (χ0v) is 37.3. The molecule has 0 aromatic rings. The highest BCUT2D eigenvalue weighted by atomic mass is 16.7. The maximum atomic E-state index is 12.9. The molecule has 0 saturated carbocycles. The first kappa shape index (κ1) is 54.4. The zero-order valence-electron chi connectivity index (χ0n) is 37.3. The Bertz CT molecular complexity index is 1000. The van der Waals surface area contributed by atoms with Crippen molar-refractivity contribution in [2.24, 2.45) is 0 Å². The Morgan fingerprint density at radius 2 is 1.02 bits per heavy atom. The molecule has 1 amide bonds. The number of hydrogen-bond acceptors (Lipinski definition) is 8. The highest BCUT2D eigenvalue weighted by Gasteiger charge is 2.44. The average Bonchev–Trinajstić information content (AvgIpc) is 3.22. The average molecular weight is 822 g/mol. The smallest absolute Gasteiger partial charge is 0.220 e. The standard InChI is InChI=1S/C49H91NO8/c1-3-5-7-9-11-13-15-16-17-18-19-20-21-22-23-24-25-26-27-28-29-30-32-34-36-38-43(52)42(41-57-49-48(56)47(55)46(54)44(40-51)58-49)50-45(53)39-37-35-33-31-14-12-10-8-6-4-2/h8,10,29-30,36,38,42-44,46-49,51-52,54-56H,3-7,9,11-28,31-35,37,39-41H2,1-2H3,(H,50,53)/b10-8-,30-29+,38-36+. The second kappa shape index (κ2) is 39.5. The fourth-order valence-corrected chi connectivity index (χ4v) is 7.53. The second-order valence-electron chi connectivity index (χ2n) is 16.9. The van der Waals surface area contributed by atoms with E-state index in [4.69, 9.17) is 9.47 Å². The fraction of sp³-hybridized carbons (Fsp3) is 0.857. The summed E-state index contributed by atoms with van der Waals surface area (Å²) in [5.41, 5.74) is 0. The lowest BCUT2D eigenvalue weighted by molar-refractivity contribution is -0.302. The van der Waals surface area contributed by atoms with E-state index >= 15 is 0 Å². The third kappa shape index (κ3) is 29.6. The Labute approximate surface area is 355 Å². The van der Waals surface area contributed by atoms with Crippen molar-refractivity contribution in [2.45, 2.75) is 256 Å². The number of rotatable bonds is 40. The topological polar surface area (TPSA) is 149 Å². The van der Waals surface area contributed by atoms with E-state index in [2.05, 4.69) is 43.5 Å². The van der Waals surface area contributed by atoms with Crippen LogP contribution in [-0.4, -0.2) is 87.5 Å². The summed E-state index contributed by atoms with van der Waals surface area (Å²) in [6.07, 6.45) is 42.2. The molecule has 0 bridgehead atoms. The minimum absolute atomic E-state index is 0.199. The summed E-state index contributed by atoms with van der Waals surface area (Å²) in [7, 11) is 0. The molecule has 7 unspecified atom stereocenters. The van der Waals surface area contributed by atoms with Crippen LogP contribution in [0.1, 0.15) is 213 Å². The van der Waals surface area contributed by atoms with Crippen molar-refractivity contribution in [1.29, 1.82) is 0 Å². The maximum absolute atomic E-state index is 12.9. The maximum Gasteiger partial charge on any atom is 0.220 e. The number of carbonyl (C=O) groups excluding carboxylic acids is 1. The van der Waals surface area contributed by atoms with Gasteiger partial charge < -0.3 is 40.3 Å². The van der Waals surface area contributed by atoms with Gasteiger partial charge in [-0.15, -0.1) is 0 Å². The van der Waals surface area contributed by atoms with Gasteiger partial charge in [0.05, 0.1) is 25.4 Å². The van der Waals surface area contributed by atoms with Crippen LogP contribution in [0.3, 0.4) is 0 Å². The van der Waals surface area contributed by atoms with Crippen molar-refractivity contribution in [3.05, 3.63) is 36.5 Å². The fourth-order valence-electron chi connectivity index (χ4n) is 7.53. The molecule has 340 valence electrons. The van der Waals surface area contributed by atoms with E-state index in [0.29, 0.717) is 6.42 Å². The molecule has 7 atom stereocenters. The van der Waals surface area contributed by atoms with Crippen LogP contribution < -0.4 is 5.32 Å². The van der Waals surface area contributed by atoms with Gasteiger partial charge in [-0.2, -0.15) is 0 Å². The van der Waals surface area contributed by atoms with Gasteiger partial charge in [0.25, 0.3) is 0 Å². The summed E-state index contributed by atoms with van der Waals surface area (Å²) in [6, 6.07) is -0.823. The summed E-state index contributed by atoms with van der Waals surface area (Å²) < 4.78 is 11.2. The van der Waals surface area contributed by atoms with E-state index in [-0.39, 0.29) is 12.5 Å². The third-order valence-corrected chi connectivity index (χ3v) is 11.4. The summed E-state index contributed by atoms with van der Waals surface area (Å²) in [4.78, 5) is 12.9. The Morgan fingerprint density at radius 3 is 1.52 bits per heavy atom. The molecule has 0 aromatic carbocycles. The number of aliphatic hydroxyl groups is 5. The molecule has 1 fully saturated rings. The van der Waals surface area contributed by atoms with Gasteiger partial charge in [-0.05, 0) is 51.4 Å². The van der Waals surface area contributed by atoms with Crippen LogP contribution in [0.25, 0.3) is 0 Å². The van der Waals surface area contributed by atoms with Crippen LogP contribution in [0.15, 0.2) is 36.5 Å². The van der Waals surface area contributed by atoms with Crippen molar-refractivity contribution in [1.82, 2.24) is 5.32 Å². The van der Waals surface area contributed by atoms with E-state index in [1.54, 1.807) is 6.08 Å². The Kier molecular flexibility index (Phi) is 37.1. The van der Waals surface area contributed by atoms with Crippen molar-refractivity contribution in [3.63, 3.8) is 0 Å². The van der Waals surface area contributed by atoms with Crippen molar-refractivity contribution in [2.75, 3.05) is 13.2 Å². The van der Waals surface area contributed by atoms with Crippen LogP contribution in [-0.2, 0) is 14.3 Å². The number of amides is 1. The summed E-state index contributed by atoms with van der Waals surface area (Å²) >= 11 is 0. The highest BCUT2D eigenvalue weighted by Crippen LogP contribution is 2.23. The molecule has 0 aliphatic carbocycles. The molecule has 9 nitrogen and oxygen atoms in total. The molecule has 0 spiro atoms. The predicted molar refractivity (Wildman–Crippen MR) is 240 cm³/mol. The number of nitrogens with one attached hydrogen (secondary N) is 1. The number of ether oxygens (including phenoxy) is 2. The number of aliphatic hydroxyl groups excluding tert-OH is 5. The molecule has 0 aromatic heterocycles. The van der Waals surface area contributed by atoms with Gasteiger partial charge in [0, 0.05) is 6.42 Å². The molecule has 1 rings (SSSR count). The van der Waals surface area contributed by atoms with E-state index in [9.17, 15) is 30.3 Å². The lowest BCUT2D eigenvalue weighted by Gasteiger charge is -2.40. The van der Waals surface area contributed by atoms with Gasteiger partial charge in [0.2, 0.25) is 5.91 Å². The third-order valence-electron chi connectivity index (χ3n) is 11.4. The van der Waals surface area contributed by atoms with E-state index in [0.717, 1.165) is 64.2 Å². The van der Waals surface area contributed by atoms with Gasteiger partial charge in [0.15, 0.2) is 6.29 Å². The molecule has 6 N–H and O–H groups in total. The molecular formula is C49H91NO8. The quantitative estimate of drug-likeness (QED) is 0.0264. The first-order chi connectivity index (χ1) is 28.3. The molecule has 58 heavy (non-hydrogen) atoms.